The fraction of sp³-hybridized carbons (Fsp3) is 0.667. The van der Waals surface area contributed by atoms with Crippen LogP contribution in [0.15, 0.2) is 0 Å². The van der Waals surface area contributed by atoms with Gasteiger partial charge in [0.1, 0.15) is 0 Å². The molecule has 2 amide bonds. The molecule has 0 aromatic heterocycles. The normalized spacial score (nSPS) is 9.25. The van der Waals surface area contributed by atoms with Gasteiger partial charge < -0.3 is 10.2 Å². The number of hydrogen-bond donors (Lipinski definition) is 1. The molecular formula is C9H16N2O. The summed E-state index contributed by atoms with van der Waals surface area (Å²) in [5.74, 6) is 2.44. The molecule has 0 radical (unpaired) electrons. The molecule has 12 heavy (non-hydrogen) atoms. The van der Waals surface area contributed by atoms with Crippen LogP contribution in [0, 0.1) is 12.3 Å². The van der Waals surface area contributed by atoms with Gasteiger partial charge in [-0.15, -0.1) is 6.42 Å². The maximum Gasteiger partial charge on any atom is 0.318 e. The Bertz CT molecular complexity index is 181. The van der Waals surface area contributed by atoms with E-state index in [-0.39, 0.29) is 12.1 Å². The van der Waals surface area contributed by atoms with Gasteiger partial charge in [0, 0.05) is 12.6 Å². The van der Waals surface area contributed by atoms with Crippen LogP contribution in [0.4, 0.5) is 4.79 Å². The molecule has 0 unspecified atom stereocenters. The Morgan fingerprint density at radius 3 is 2.58 bits per heavy atom. The van der Waals surface area contributed by atoms with Crippen molar-refractivity contribution in [1.82, 2.24) is 10.2 Å². The van der Waals surface area contributed by atoms with Crippen LogP contribution >= 0.6 is 0 Å². The summed E-state index contributed by atoms with van der Waals surface area (Å²) in [7, 11) is 0. The van der Waals surface area contributed by atoms with Crippen LogP contribution in [0.3, 0.4) is 0 Å². The molecule has 0 bridgehead atoms. The van der Waals surface area contributed by atoms with Crippen LogP contribution in [0.5, 0.6) is 0 Å². The van der Waals surface area contributed by atoms with Crippen LogP contribution in [-0.2, 0) is 0 Å². The molecule has 68 valence electrons. The van der Waals surface area contributed by atoms with Crippen molar-refractivity contribution < 1.29 is 4.79 Å². The Kier molecular flexibility index (Phi) is 4.94. The van der Waals surface area contributed by atoms with Gasteiger partial charge in [0.05, 0.1) is 6.54 Å². The number of nitrogens with one attached hydrogen (secondary N) is 1. The zero-order chi connectivity index (χ0) is 9.56. The lowest BCUT2D eigenvalue weighted by Crippen LogP contribution is -2.42. The molecular weight excluding hydrogens is 152 g/mol. The van der Waals surface area contributed by atoms with Crippen molar-refractivity contribution in [2.75, 3.05) is 13.1 Å². The molecule has 1 N–H and O–H groups in total. The fourth-order valence-corrected chi connectivity index (χ4v) is 0.776. The smallest absolute Gasteiger partial charge is 0.318 e. The summed E-state index contributed by atoms with van der Waals surface area (Å²) in [5.41, 5.74) is 0. The Morgan fingerprint density at radius 1 is 1.67 bits per heavy atom. The quantitative estimate of drug-likeness (QED) is 0.628. The minimum atomic E-state index is -0.0922. The van der Waals surface area contributed by atoms with Gasteiger partial charge in [0.25, 0.3) is 0 Å². The summed E-state index contributed by atoms with van der Waals surface area (Å²) in [6, 6.07) is 0.0646. The Hall–Kier alpha value is -1.17. The van der Waals surface area contributed by atoms with Crippen molar-refractivity contribution in [1.29, 1.82) is 0 Å². The first kappa shape index (κ1) is 10.8. The minimum Gasteiger partial charge on any atom is -0.336 e. The van der Waals surface area contributed by atoms with Gasteiger partial charge in [-0.1, -0.05) is 5.92 Å². The van der Waals surface area contributed by atoms with Crippen molar-refractivity contribution in [2.24, 2.45) is 0 Å². The van der Waals surface area contributed by atoms with Gasteiger partial charge in [-0.25, -0.2) is 4.79 Å². The highest BCUT2D eigenvalue weighted by molar-refractivity contribution is 5.74. The second-order valence-corrected chi connectivity index (χ2v) is 2.82. The lowest BCUT2D eigenvalue weighted by Gasteiger charge is -2.20. The van der Waals surface area contributed by atoms with E-state index in [0.29, 0.717) is 13.1 Å². The highest BCUT2D eigenvalue weighted by atomic mass is 16.2. The Labute approximate surface area is 74.1 Å². The predicted octanol–water partition coefficient (Wildman–Crippen LogP) is 1.06. The first-order chi connectivity index (χ1) is 5.61. The first-order valence-corrected chi connectivity index (χ1v) is 4.10. The lowest BCUT2D eigenvalue weighted by molar-refractivity contribution is 0.204. The molecule has 0 aliphatic heterocycles. The third kappa shape index (κ3) is 3.87. The van der Waals surface area contributed by atoms with E-state index in [1.165, 1.54) is 0 Å². The van der Waals surface area contributed by atoms with Crippen molar-refractivity contribution in [3.05, 3.63) is 0 Å². The van der Waals surface area contributed by atoms with E-state index in [2.05, 4.69) is 11.2 Å². The number of rotatable bonds is 3. The number of urea groups is 1. The second kappa shape index (κ2) is 5.48. The SMILES string of the molecule is C#CCN(CC)C(=O)NC(C)C. The maximum absolute atomic E-state index is 11.3. The molecule has 0 rings (SSSR count). The number of hydrogen-bond acceptors (Lipinski definition) is 1. The van der Waals surface area contributed by atoms with E-state index < -0.39 is 0 Å². The zero-order valence-electron chi connectivity index (χ0n) is 7.92. The van der Waals surface area contributed by atoms with Crippen LogP contribution in [0.2, 0.25) is 0 Å². The summed E-state index contributed by atoms with van der Waals surface area (Å²) in [4.78, 5) is 12.9. The Balaban J connectivity index is 3.96. The number of nitrogens with zero attached hydrogens (tertiary/aromatic N) is 1. The van der Waals surface area contributed by atoms with Crippen LogP contribution in [0.1, 0.15) is 20.8 Å². The summed E-state index contributed by atoms with van der Waals surface area (Å²) >= 11 is 0. The van der Waals surface area contributed by atoms with Crippen molar-refractivity contribution in [2.45, 2.75) is 26.8 Å². The number of terminal acetylenes is 1. The van der Waals surface area contributed by atoms with Gasteiger partial charge in [-0.3, -0.25) is 0 Å². The highest BCUT2D eigenvalue weighted by Gasteiger charge is 2.09. The van der Waals surface area contributed by atoms with E-state index in [4.69, 9.17) is 6.42 Å². The monoisotopic (exact) mass is 168 g/mol. The molecule has 0 aliphatic carbocycles. The van der Waals surface area contributed by atoms with E-state index in [9.17, 15) is 4.79 Å². The van der Waals surface area contributed by atoms with Crippen molar-refractivity contribution in [3.63, 3.8) is 0 Å². The third-order valence-electron chi connectivity index (χ3n) is 1.36. The number of amides is 2. The second-order valence-electron chi connectivity index (χ2n) is 2.82. The van der Waals surface area contributed by atoms with E-state index >= 15 is 0 Å². The van der Waals surface area contributed by atoms with Gasteiger partial charge in [0.2, 0.25) is 0 Å². The van der Waals surface area contributed by atoms with Crippen LogP contribution in [-0.4, -0.2) is 30.1 Å². The highest BCUT2D eigenvalue weighted by Crippen LogP contribution is 1.89. The van der Waals surface area contributed by atoms with Crippen molar-refractivity contribution >= 4 is 6.03 Å². The maximum atomic E-state index is 11.3. The molecule has 0 aromatic carbocycles. The van der Waals surface area contributed by atoms with E-state index in [0.717, 1.165) is 0 Å². The minimum absolute atomic E-state index is 0.0922. The average Bonchev–Trinajstić information content (AvgIpc) is 1.98. The number of carbonyl (C=O) groups excluding carboxylic acids is 1. The lowest BCUT2D eigenvalue weighted by atomic mass is 10.4. The summed E-state index contributed by atoms with van der Waals surface area (Å²) in [6.45, 7) is 6.75. The predicted molar refractivity (Wildman–Crippen MR) is 49.7 cm³/mol. The molecule has 0 saturated carbocycles. The molecule has 0 aliphatic rings. The molecule has 0 atom stereocenters. The molecule has 0 saturated heterocycles. The van der Waals surface area contributed by atoms with Crippen LogP contribution < -0.4 is 5.32 Å². The third-order valence-corrected chi connectivity index (χ3v) is 1.36. The van der Waals surface area contributed by atoms with Gasteiger partial charge in [-0.2, -0.15) is 0 Å². The van der Waals surface area contributed by atoms with E-state index in [1.807, 2.05) is 20.8 Å². The van der Waals surface area contributed by atoms with Crippen molar-refractivity contribution in [3.8, 4) is 12.3 Å². The van der Waals surface area contributed by atoms with Crippen LogP contribution in [0.25, 0.3) is 0 Å². The average molecular weight is 168 g/mol. The molecule has 0 spiro atoms. The standard InChI is InChI=1S/C9H16N2O/c1-5-7-11(6-2)9(12)10-8(3)4/h1,8H,6-7H2,2-4H3,(H,10,12). The van der Waals surface area contributed by atoms with Gasteiger partial charge in [-0.05, 0) is 20.8 Å². The summed E-state index contributed by atoms with van der Waals surface area (Å²) in [5, 5.41) is 2.77. The summed E-state index contributed by atoms with van der Waals surface area (Å²) in [6.07, 6.45) is 5.10. The fourth-order valence-electron chi connectivity index (χ4n) is 0.776. The van der Waals surface area contributed by atoms with E-state index in [1.54, 1.807) is 4.90 Å². The molecule has 3 nitrogen and oxygen atoms in total. The van der Waals surface area contributed by atoms with Gasteiger partial charge in [0.15, 0.2) is 0 Å². The summed E-state index contributed by atoms with van der Waals surface area (Å²) < 4.78 is 0. The van der Waals surface area contributed by atoms with Gasteiger partial charge >= 0.3 is 6.03 Å². The molecule has 3 heteroatoms. The topological polar surface area (TPSA) is 32.3 Å². The molecule has 0 fully saturated rings. The largest absolute Gasteiger partial charge is 0.336 e. The first-order valence-electron chi connectivity index (χ1n) is 4.10. The zero-order valence-corrected chi connectivity index (χ0v) is 7.92. The number of carbonyl (C=O) groups is 1. The Morgan fingerprint density at radius 2 is 2.25 bits per heavy atom. The molecule has 0 heterocycles. The molecule has 0 aromatic rings.